The quantitative estimate of drug-likeness (QED) is 0.208. The van der Waals surface area contributed by atoms with Crippen molar-refractivity contribution in [2.75, 3.05) is 52.7 Å². The van der Waals surface area contributed by atoms with Crippen LogP contribution in [0.15, 0.2) is 80.6 Å². The van der Waals surface area contributed by atoms with E-state index in [-0.39, 0.29) is 48.0 Å². The monoisotopic (exact) mass is 647 g/mol. The standard InChI is InChI=1S/C35H41N3O9/c1-2-45-34-24(13-17-43-19-20-44-18-16-39)26(27-22-46-30-10-6-3-7-25(30)32(27)40)21-31(47-34)33(41)37-14-11-23(12-15-37)38-29-9-5-4-8-28(29)36-35(38)42/h3-10,21-24,26,34,39H,2,11-20H2,1H3,(H,36,42). The molecule has 12 heteroatoms. The first-order valence-corrected chi connectivity index (χ1v) is 16.3. The van der Waals surface area contributed by atoms with E-state index in [1.165, 1.54) is 6.26 Å². The van der Waals surface area contributed by atoms with E-state index >= 15 is 0 Å². The molecular weight excluding hydrogens is 606 g/mol. The molecule has 3 unspecified atom stereocenters. The molecule has 250 valence electrons. The fourth-order valence-electron chi connectivity index (χ4n) is 6.64. The second-order valence-electron chi connectivity index (χ2n) is 11.8. The molecule has 0 spiro atoms. The van der Waals surface area contributed by atoms with Gasteiger partial charge >= 0.3 is 5.69 Å². The summed E-state index contributed by atoms with van der Waals surface area (Å²) in [5.41, 5.74) is 2.21. The molecule has 4 heterocycles. The van der Waals surface area contributed by atoms with Crippen molar-refractivity contribution < 1.29 is 33.3 Å². The molecule has 0 radical (unpaired) electrons. The highest BCUT2D eigenvalue weighted by Crippen LogP contribution is 2.39. The number of ether oxygens (including phenoxy) is 4. The highest BCUT2D eigenvalue weighted by atomic mass is 16.7. The van der Waals surface area contributed by atoms with Crippen LogP contribution in [-0.4, -0.2) is 84.5 Å². The Morgan fingerprint density at radius 1 is 1.00 bits per heavy atom. The summed E-state index contributed by atoms with van der Waals surface area (Å²) in [6, 6.07) is 14.6. The van der Waals surface area contributed by atoms with Crippen LogP contribution in [-0.2, 0) is 23.7 Å². The van der Waals surface area contributed by atoms with Crippen LogP contribution in [0.4, 0.5) is 0 Å². The summed E-state index contributed by atoms with van der Waals surface area (Å²) in [4.78, 5) is 45.2. The maximum atomic E-state index is 14.0. The first-order valence-electron chi connectivity index (χ1n) is 16.3. The minimum Gasteiger partial charge on any atom is -0.464 e. The highest BCUT2D eigenvalue weighted by molar-refractivity contribution is 5.92. The van der Waals surface area contributed by atoms with Crippen LogP contribution in [0.1, 0.15) is 43.7 Å². The predicted octanol–water partition coefficient (Wildman–Crippen LogP) is 3.69. The first kappa shape index (κ1) is 32.7. The minimum absolute atomic E-state index is 0.0477. The predicted molar refractivity (Wildman–Crippen MR) is 174 cm³/mol. The molecule has 0 bridgehead atoms. The van der Waals surface area contributed by atoms with E-state index in [4.69, 9.17) is 28.5 Å². The number of likely N-dealkylation sites (tertiary alicyclic amines) is 1. The Morgan fingerprint density at radius 3 is 2.53 bits per heavy atom. The van der Waals surface area contributed by atoms with Crippen molar-refractivity contribution in [3.63, 3.8) is 0 Å². The molecule has 2 N–H and O–H groups in total. The van der Waals surface area contributed by atoms with E-state index in [2.05, 4.69) is 4.98 Å². The fraction of sp³-hybridized carbons (Fsp3) is 0.457. The zero-order valence-corrected chi connectivity index (χ0v) is 26.5. The third kappa shape index (κ3) is 7.05. The number of hydrogen-bond donors (Lipinski definition) is 2. The average Bonchev–Trinajstić information content (AvgIpc) is 3.44. The fourth-order valence-corrected chi connectivity index (χ4v) is 6.64. The molecule has 2 aliphatic heterocycles. The Hall–Kier alpha value is -4.23. The Labute approximate surface area is 271 Å². The molecule has 1 saturated heterocycles. The van der Waals surface area contributed by atoms with Crippen LogP contribution in [0, 0.1) is 5.92 Å². The molecule has 0 aliphatic carbocycles. The van der Waals surface area contributed by atoms with Crippen molar-refractivity contribution in [2.24, 2.45) is 5.92 Å². The Balaban J connectivity index is 1.24. The summed E-state index contributed by atoms with van der Waals surface area (Å²) in [7, 11) is 0. The number of H-pyrrole nitrogens is 1. The zero-order chi connectivity index (χ0) is 32.8. The van der Waals surface area contributed by atoms with Crippen LogP contribution in [0.5, 0.6) is 0 Å². The second-order valence-corrected chi connectivity index (χ2v) is 11.8. The van der Waals surface area contributed by atoms with Gasteiger partial charge in [-0.3, -0.25) is 14.2 Å². The Morgan fingerprint density at radius 2 is 1.74 bits per heavy atom. The molecule has 1 fully saturated rings. The molecule has 47 heavy (non-hydrogen) atoms. The van der Waals surface area contributed by atoms with Gasteiger partial charge in [0.05, 0.1) is 49.1 Å². The van der Waals surface area contributed by atoms with Gasteiger partial charge in [-0.2, -0.15) is 0 Å². The van der Waals surface area contributed by atoms with Crippen LogP contribution in [0.3, 0.4) is 0 Å². The van der Waals surface area contributed by atoms with Crippen molar-refractivity contribution in [2.45, 2.75) is 44.4 Å². The number of aromatic nitrogens is 2. The molecule has 6 rings (SSSR count). The summed E-state index contributed by atoms with van der Waals surface area (Å²) in [6.45, 7) is 4.28. The topological polar surface area (TPSA) is 145 Å². The molecule has 1 amide bonds. The number of piperidine rings is 1. The second kappa shape index (κ2) is 15.1. The SMILES string of the molecule is CCOC1OC(C(=O)N2CCC(n3c(=O)[nH]c4ccccc43)CC2)=CC(c2coc3ccccc3c2=O)C1CCOCCOCCO. The summed E-state index contributed by atoms with van der Waals surface area (Å²) in [6.07, 6.45) is 4.08. The van der Waals surface area contributed by atoms with E-state index in [0.29, 0.717) is 75.3 Å². The molecule has 2 aromatic heterocycles. The van der Waals surface area contributed by atoms with Gasteiger partial charge in [-0.15, -0.1) is 0 Å². The van der Waals surface area contributed by atoms with Crippen molar-refractivity contribution >= 4 is 27.9 Å². The van der Waals surface area contributed by atoms with Crippen molar-refractivity contribution in [1.29, 1.82) is 0 Å². The van der Waals surface area contributed by atoms with Gasteiger partial charge in [0.2, 0.25) is 6.29 Å². The number of para-hydroxylation sites is 3. The third-order valence-electron chi connectivity index (χ3n) is 8.94. The molecule has 4 aromatic rings. The Bertz CT molecular complexity index is 1820. The first-order chi connectivity index (χ1) is 23.0. The lowest BCUT2D eigenvalue weighted by atomic mass is 9.81. The van der Waals surface area contributed by atoms with Crippen LogP contribution < -0.4 is 11.1 Å². The van der Waals surface area contributed by atoms with E-state index in [1.54, 1.807) is 33.7 Å². The number of benzene rings is 2. The van der Waals surface area contributed by atoms with Crippen molar-refractivity contribution in [3.05, 3.63) is 92.9 Å². The molecule has 12 nitrogen and oxygen atoms in total. The molecule has 2 aliphatic rings. The lowest BCUT2D eigenvalue weighted by molar-refractivity contribution is -0.172. The van der Waals surface area contributed by atoms with E-state index in [9.17, 15) is 14.4 Å². The highest BCUT2D eigenvalue weighted by Gasteiger charge is 2.41. The number of aliphatic hydroxyl groups is 1. The molecular formula is C35H41N3O9. The number of rotatable bonds is 13. The number of nitrogens with zero attached hydrogens (tertiary/aromatic N) is 2. The van der Waals surface area contributed by atoms with Gasteiger partial charge in [-0.25, -0.2) is 4.79 Å². The van der Waals surface area contributed by atoms with Gasteiger partial charge < -0.3 is 38.4 Å². The zero-order valence-electron chi connectivity index (χ0n) is 26.5. The van der Waals surface area contributed by atoms with Crippen molar-refractivity contribution in [1.82, 2.24) is 14.5 Å². The number of carbonyl (C=O) groups is 1. The van der Waals surface area contributed by atoms with E-state index < -0.39 is 12.2 Å². The number of aromatic amines is 1. The van der Waals surface area contributed by atoms with Gasteiger partial charge in [0.25, 0.3) is 5.91 Å². The summed E-state index contributed by atoms with van der Waals surface area (Å²) < 4.78 is 31.1. The van der Waals surface area contributed by atoms with Crippen LogP contribution >= 0.6 is 0 Å². The number of aliphatic hydroxyl groups excluding tert-OH is 1. The molecule has 3 atom stereocenters. The van der Waals surface area contributed by atoms with E-state index in [1.807, 2.05) is 37.3 Å². The molecule has 0 saturated carbocycles. The largest absolute Gasteiger partial charge is 0.464 e. The molecule has 2 aromatic carbocycles. The van der Waals surface area contributed by atoms with Gasteiger partial charge in [-0.1, -0.05) is 24.3 Å². The number of fused-ring (bicyclic) bond motifs is 2. The maximum absolute atomic E-state index is 14.0. The third-order valence-corrected chi connectivity index (χ3v) is 8.94. The van der Waals surface area contributed by atoms with Crippen LogP contribution in [0.2, 0.25) is 0 Å². The number of imidazole rings is 1. The number of nitrogens with one attached hydrogen (secondary N) is 1. The average molecular weight is 648 g/mol. The lowest BCUT2D eigenvalue weighted by Gasteiger charge is -2.38. The summed E-state index contributed by atoms with van der Waals surface area (Å²) in [5.74, 6) is -1.06. The van der Waals surface area contributed by atoms with Crippen molar-refractivity contribution in [3.8, 4) is 0 Å². The number of amides is 1. The number of hydrogen-bond acceptors (Lipinski definition) is 9. The smallest absolute Gasteiger partial charge is 0.326 e. The van der Waals surface area contributed by atoms with Gasteiger partial charge in [0.1, 0.15) is 5.58 Å². The lowest BCUT2D eigenvalue weighted by Crippen LogP contribution is -2.44. The van der Waals surface area contributed by atoms with E-state index in [0.717, 1.165) is 11.0 Å². The van der Waals surface area contributed by atoms with Gasteiger partial charge in [0.15, 0.2) is 11.2 Å². The minimum atomic E-state index is -0.809. The van der Waals surface area contributed by atoms with Gasteiger partial charge in [0, 0.05) is 49.7 Å². The normalized spacial score (nSPS) is 20.4. The van der Waals surface area contributed by atoms with Gasteiger partial charge in [-0.05, 0) is 56.5 Å². The van der Waals surface area contributed by atoms with Crippen LogP contribution in [0.25, 0.3) is 22.0 Å². The Kier molecular flexibility index (Phi) is 10.5. The summed E-state index contributed by atoms with van der Waals surface area (Å²) in [5, 5.41) is 9.37. The number of allylic oxidation sites excluding steroid dienone is 1. The maximum Gasteiger partial charge on any atom is 0.326 e. The summed E-state index contributed by atoms with van der Waals surface area (Å²) >= 11 is 0. The number of carbonyl (C=O) groups excluding carboxylic acids is 1.